The molecule has 5 nitrogen and oxygen atoms in total. The Morgan fingerprint density at radius 2 is 1.62 bits per heavy atom. The van der Waals surface area contributed by atoms with E-state index in [1.165, 1.54) is 11.8 Å². The quantitative estimate of drug-likeness (QED) is 0.510. The molecular weight excluding hydrogens is 348 g/mol. The standard InChI is InChI=1S/C20H16N2O3S/c1-13-16(25-20(23)24-13)12-26-19-21-17(14-8-4-2-5-9-14)18(22-19)15-10-6-3-7-11-15/h2-11H,12H2,1H3,(H,21,22). The molecule has 0 atom stereocenters. The fourth-order valence-electron chi connectivity index (χ4n) is 2.68. The first-order valence-corrected chi connectivity index (χ1v) is 9.12. The van der Waals surface area contributed by atoms with E-state index in [0.29, 0.717) is 17.3 Å². The molecule has 0 saturated heterocycles. The van der Waals surface area contributed by atoms with Gasteiger partial charge >= 0.3 is 5.82 Å². The van der Waals surface area contributed by atoms with Crippen molar-refractivity contribution in [2.45, 2.75) is 17.8 Å². The molecule has 130 valence electrons. The fourth-order valence-corrected chi connectivity index (χ4v) is 3.54. The number of aromatic nitrogens is 2. The summed E-state index contributed by atoms with van der Waals surface area (Å²) >= 11 is 1.47. The van der Waals surface area contributed by atoms with Crippen LogP contribution in [-0.4, -0.2) is 9.97 Å². The number of nitrogens with zero attached hydrogens (tertiary/aromatic N) is 1. The highest BCUT2D eigenvalue weighted by Crippen LogP contribution is 2.33. The van der Waals surface area contributed by atoms with Crippen LogP contribution in [0.3, 0.4) is 0 Å². The number of aromatic amines is 1. The molecule has 2 heterocycles. The van der Waals surface area contributed by atoms with Gasteiger partial charge in [0.2, 0.25) is 0 Å². The van der Waals surface area contributed by atoms with Gasteiger partial charge in [0.15, 0.2) is 10.9 Å². The number of rotatable bonds is 5. The lowest BCUT2D eigenvalue weighted by molar-refractivity contribution is 0.372. The first kappa shape index (κ1) is 16.5. The van der Waals surface area contributed by atoms with Gasteiger partial charge in [0, 0.05) is 11.1 Å². The van der Waals surface area contributed by atoms with Crippen LogP contribution in [0.1, 0.15) is 11.5 Å². The molecule has 2 aromatic heterocycles. The van der Waals surface area contributed by atoms with Gasteiger partial charge in [-0.1, -0.05) is 72.4 Å². The highest BCUT2D eigenvalue weighted by molar-refractivity contribution is 7.98. The average molecular weight is 364 g/mol. The van der Waals surface area contributed by atoms with Crippen molar-refractivity contribution in [3.8, 4) is 22.5 Å². The third-order valence-electron chi connectivity index (χ3n) is 3.97. The van der Waals surface area contributed by atoms with Gasteiger partial charge in [0.1, 0.15) is 5.76 Å². The summed E-state index contributed by atoms with van der Waals surface area (Å²) in [5.41, 5.74) is 3.96. The van der Waals surface area contributed by atoms with Crippen LogP contribution in [0.15, 0.2) is 79.4 Å². The number of imidazole rings is 1. The average Bonchev–Trinajstić information content (AvgIpc) is 3.24. The van der Waals surface area contributed by atoms with Crippen molar-refractivity contribution in [3.05, 3.63) is 82.8 Å². The Morgan fingerprint density at radius 3 is 2.23 bits per heavy atom. The summed E-state index contributed by atoms with van der Waals surface area (Å²) in [6.07, 6.45) is 0. The van der Waals surface area contributed by atoms with Gasteiger partial charge in [-0.05, 0) is 6.92 Å². The molecule has 0 aliphatic carbocycles. The van der Waals surface area contributed by atoms with Gasteiger partial charge in [-0.3, -0.25) is 0 Å². The summed E-state index contributed by atoms with van der Waals surface area (Å²) in [6.45, 7) is 1.72. The summed E-state index contributed by atoms with van der Waals surface area (Å²) in [5.74, 6) is 0.820. The Bertz CT molecular complexity index is 1010. The van der Waals surface area contributed by atoms with E-state index in [1.807, 2.05) is 60.7 Å². The highest BCUT2D eigenvalue weighted by atomic mass is 32.2. The number of hydrogen-bond donors (Lipinski definition) is 1. The van der Waals surface area contributed by atoms with Crippen LogP contribution < -0.4 is 5.82 Å². The second-order valence-corrected chi connectivity index (χ2v) is 6.68. The Labute approximate surface area is 154 Å². The minimum Gasteiger partial charge on any atom is -0.396 e. The molecule has 0 aliphatic heterocycles. The van der Waals surface area contributed by atoms with Crippen LogP contribution in [-0.2, 0) is 5.75 Å². The summed E-state index contributed by atoms with van der Waals surface area (Å²) in [4.78, 5) is 19.3. The minimum absolute atomic E-state index is 0.466. The monoisotopic (exact) mass is 364 g/mol. The molecular formula is C20H16N2O3S. The predicted molar refractivity (Wildman–Crippen MR) is 101 cm³/mol. The van der Waals surface area contributed by atoms with E-state index in [4.69, 9.17) is 13.8 Å². The molecule has 1 N–H and O–H groups in total. The van der Waals surface area contributed by atoms with Crippen LogP contribution >= 0.6 is 11.8 Å². The third-order valence-corrected chi connectivity index (χ3v) is 4.84. The number of nitrogens with one attached hydrogen (secondary N) is 1. The number of hydrogen-bond acceptors (Lipinski definition) is 5. The number of benzene rings is 2. The molecule has 4 rings (SSSR count). The lowest BCUT2D eigenvalue weighted by atomic mass is 10.1. The van der Waals surface area contributed by atoms with Crippen LogP contribution in [0.25, 0.3) is 22.5 Å². The molecule has 0 spiro atoms. The molecule has 0 radical (unpaired) electrons. The summed E-state index contributed by atoms with van der Waals surface area (Å²) in [6, 6.07) is 20.1. The van der Waals surface area contributed by atoms with Crippen molar-refractivity contribution in [2.24, 2.45) is 0 Å². The summed E-state index contributed by atoms with van der Waals surface area (Å²) < 4.78 is 9.96. The molecule has 0 saturated carbocycles. The zero-order valence-corrected chi connectivity index (χ0v) is 14.9. The fraction of sp³-hybridized carbons (Fsp3) is 0.100. The lowest BCUT2D eigenvalue weighted by Gasteiger charge is -2.02. The van der Waals surface area contributed by atoms with E-state index in [2.05, 4.69) is 4.98 Å². The summed E-state index contributed by atoms with van der Waals surface area (Å²) in [7, 11) is 0. The molecule has 0 fully saturated rings. The van der Waals surface area contributed by atoms with Crippen LogP contribution in [0.2, 0.25) is 0 Å². The largest absolute Gasteiger partial charge is 0.519 e. The van der Waals surface area contributed by atoms with Gasteiger partial charge in [-0.25, -0.2) is 9.78 Å². The molecule has 0 bridgehead atoms. The number of thioether (sulfide) groups is 1. The number of aryl methyl sites for hydroxylation is 1. The maximum Gasteiger partial charge on any atom is 0.519 e. The Hall–Kier alpha value is -2.99. The van der Waals surface area contributed by atoms with Crippen LogP contribution in [0.5, 0.6) is 0 Å². The van der Waals surface area contributed by atoms with E-state index in [0.717, 1.165) is 27.7 Å². The first-order valence-electron chi connectivity index (χ1n) is 8.14. The molecule has 0 aliphatic rings. The van der Waals surface area contributed by atoms with Crippen molar-refractivity contribution in [3.63, 3.8) is 0 Å². The van der Waals surface area contributed by atoms with Crippen molar-refractivity contribution in [2.75, 3.05) is 0 Å². The zero-order chi connectivity index (χ0) is 17.9. The molecule has 0 amide bonds. The SMILES string of the molecule is Cc1oc(=O)oc1CSc1nc(-c2ccccc2)c(-c2ccccc2)[nH]1. The van der Waals surface area contributed by atoms with Gasteiger partial charge in [0.25, 0.3) is 0 Å². The highest BCUT2D eigenvalue weighted by Gasteiger charge is 2.16. The zero-order valence-electron chi connectivity index (χ0n) is 14.1. The Balaban J connectivity index is 1.69. The minimum atomic E-state index is -0.674. The molecule has 6 heteroatoms. The second-order valence-electron chi connectivity index (χ2n) is 5.72. The molecule has 0 unspecified atom stereocenters. The smallest absolute Gasteiger partial charge is 0.396 e. The van der Waals surface area contributed by atoms with Crippen LogP contribution in [0.4, 0.5) is 0 Å². The van der Waals surface area contributed by atoms with E-state index in [1.54, 1.807) is 6.92 Å². The maximum atomic E-state index is 11.2. The van der Waals surface area contributed by atoms with Crippen molar-refractivity contribution in [1.82, 2.24) is 9.97 Å². The maximum absolute atomic E-state index is 11.2. The topological polar surface area (TPSA) is 72.0 Å². The molecule has 2 aromatic carbocycles. The van der Waals surface area contributed by atoms with Gasteiger partial charge in [0.05, 0.1) is 17.1 Å². The number of H-pyrrole nitrogens is 1. The van der Waals surface area contributed by atoms with E-state index < -0.39 is 5.82 Å². The van der Waals surface area contributed by atoms with Crippen molar-refractivity contribution < 1.29 is 8.83 Å². The lowest BCUT2D eigenvalue weighted by Crippen LogP contribution is -1.86. The van der Waals surface area contributed by atoms with E-state index in [-0.39, 0.29) is 0 Å². The molecule has 26 heavy (non-hydrogen) atoms. The van der Waals surface area contributed by atoms with Gasteiger partial charge < -0.3 is 13.8 Å². The van der Waals surface area contributed by atoms with E-state index in [9.17, 15) is 4.79 Å². The van der Waals surface area contributed by atoms with Gasteiger partial charge in [-0.2, -0.15) is 0 Å². The summed E-state index contributed by atoms with van der Waals surface area (Å²) in [5, 5.41) is 0.756. The third kappa shape index (κ3) is 3.36. The normalized spacial score (nSPS) is 11.0. The van der Waals surface area contributed by atoms with Crippen molar-refractivity contribution in [1.29, 1.82) is 0 Å². The second kappa shape index (κ2) is 7.09. The van der Waals surface area contributed by atoms with Gasteiger partial charge in [-0.15, -0.1) is 0 Å². The predicted octanol–water partition coefficient (Wildman–Crippen LogP) is 4.89. The Morgan fingerprint density at radius 1 is 0.962 bits per heavy atom. The first-order chi connectivity index (χ1) is 12.7. The molecule has 4 aromatic rings. The van der Waals surface area contributed by atoms with E-state index >= 15 is 0 Å². The van der Waals surface area contributed by atoms with Crippen LogP contribution in [0, 0.1) is 6.92 Å². The van der Waals surface area contributed by atoms with Crippen molar-refractivity contribution >= 4 is 11.8 Å². The Kier molecular flexibility index (Phi) is 4.50.